The minimum atomic E-state index is -0.304. The van der Waals surface area contributed by atoms with E-state index < -0.39 is 0 Å². The lowest BCUT2D eigenvalue weighted by Gasteiger charge is -2.38. The van der Waals surface area contributed by atoms with Gasteiger partial charge in [0.15, 0.2) is 0 Å². The van der Waals surface area contributed by atoms with Crippen molar-refractivity contribution in [1.29, 1.82) is 0 Å². The number of piperazine rings is 1. The first-order valence-electron chi connectivity index (χ1n) is 5.58. The van der Waals surface area contributed by atoms with Gasteiger partial charge in [-0.3, -0.25) is 9.59 Å². The molecule has 1 aliphatic rings. The van der Waals surface area contributed by atoms with Crippen molar-refractivity contribution < 1.29 is 4.79 Å². The smallest absolute Gasteiger partial charge is 0.274 e. The molecule has 0 spiro atoms. The molecule has 1 aromatic rings. The van der Waals surface area contributed by atoms with Crippen molar-refractivity contribution in [3.63, 3.8) is 0 Å². The Balaban J connectivity index is 2.15. The second kappa shape index (κ2) is 4.29. The molecule has 6 nitrogen and oxygen atoms in total. The zero-order valence-electron chi connectivity index (χ0n) is 9.99. The highest BCUT2D eigenvalue weighted by Crippen LogP contribution is 2.12. The molecule has 0 aromatic carbocycles. The fourth-order valence-corrected chi connectivity index (χ4v) is 1.94. The lowest BCUT2D eigenvalue weighted by atomic mass is 10.0. The second-order valence-electron chi connectivity index (χ2n) is 4.84. The molecule has 0 atom stereocenters. The number of aromatic amines is 1. The van der Waals surface area contributed by atoms with Crippen LogP contribution in [0.15, 0.2) is 16.9 Å². The summed E-state index contributed by atoms with van der Waals surface area (Å²) in [6, 6.07) is 2.77. The summed E-state index contributed by atoms with van der Waals surface area (Å²) in [6.45, 7) is 6.15. The second-order valence-corrected chi connectivity index (χ2v) is 4.84. The summed E-state index contributed by atoms with van der Waals surface area (Å²) in [5.41, 5.74) is -0.111. The zero-order valence-corrected chi connectivity index (χ0v) is 9.99. The van der Waals surface area contributed by atoms with Gasteiger partial charge in [0.2, 0.25) is 0 Å². The maximum absolute atomic E-state index is 12.1. The van der Waals surface area contributed by atoms with E-state index in [-0.39, 0.29) is 22.7 Å². The standard InChI is InChI=1S/C11H16N4O2/c1-11(2)7-15(6-5-12-11)10(17)8-3-4-9(16)14-13-8/h3-4,12H,5-7H2,1-2H3,(H,14,16). The van der Waals surface area contributed by atoms with Gasteiger partial charge in [-0.2, -0.15) is 5.10 Å². The molecule has 1 aliphatic heterocycles. The van der Waals surface area contributed by atoms with Gasteiger partial charge in [-0.05, 0) is 19.9 Å². The zero-order chi connectivity index (χ0) is 12.5. The summed E-state index contributed by atoms with van der Waals surface area (Å²) in [5, 5.41) is 9.36. The molecule has 2 rings (SSSR count). The summed E-state index contributed by atoms with van der Waals surface area (Å²) < 4.78 is 0. The van der Waals surface area contributed by atoms with Crippen molar-refractivity contribution in [2.45, 2.75) is 19.4 Å². The number of nitrogens with zero attached hydrogens (tertiary/aromatic N) is 2. The fraction of sp³-hybridized carbons (Fsp3) is 0.545. The minimum absolute atomic E-state index is 0.0872. The van der Waals surface area contributed by atoms with Crippen molar-refractivity contribution in [2.75, 3.05) is 19.6 Å². The molecular formula is C11H16N4O2. The number of hydrogen-bond acceptors (Lipinski definition) is 4. The van der Waals surface area contributed by atoms with Gasteiger partial charge < -0.3 is 10.2 Å². The molecule has 2 heterocycles. The average molecular weight is 236 g/mol. The Morgan fingerprint density at radius 2 is 2.24 bits per heavy atom. The molecule has 6 heteroatoms. The number of carbonyl (C=O) groups excluding carboxylic acids is 1. The lowest BCUT2D eigenvalue weighted by Crippen LogP contribution is -2.58. The van der Waals surface area contributed by atoms with Gasteiger partial charge in [0, 0.05) is 31.2 Å². The number of H-pyrrole nitrogens is 1. The minimum Gasteiger partial charge on any atom is -0.334 e. The Hall–Kier alpha value is -1.69. The van der Waals surface area contributed by atoms with E-state index in [1.54, 1.807) is 4.90 Å². The molecule has 1 amide bonds. The van der Waals surface area contributed by atoms with Crippen LogP contribution in [0.1, 0.15) is 24.3 Å². The number of aromatic nitrogens is 2. The predicted molar refractivity (Wildman–Crippen MR) is 62.8 cm³/mol. The Labute approximate surface area is 99.0 Å². The largest absolute Gasteiger partial charge is 0.334 e. The summed E-state index contributed by atoms with van der Waals surface area (Å²) in [7, 11) is 0. The van der Waals surface area contributed by atoms with Crippen LogP contribution >= 0.6 is 0 Å². The lowest BCUT2D eigenvalue weighted by molar-refractivity contribution is 0.0645. The first kappa shape index (κ1) is 11.8. The summed E-state index contributed by atoms with van der Waals surface area (Å²) >= 11 is 0. The van der Waals surface area contributed by atoms with Crippen LogP contribution in [0.2, 0.25) is 0 Å². The molecule has 1 aromatic heterocycles. The fourth-order valence-electron chi connectivity index (χ4n) is 1.94. The number of amides is 1. The van der Waals surface area contributed by atoms with Crippen LogP contribution in [0.3, 0.4) is 0 Å². The summed E-state index contributed by atoms with van der Waals surface area (Å²) in [6.07, 6.45) is 0. The van der Waals surface area contributed by atoms with E-state index in [0.29, 0.717) is 13.1 Å². The third kappa shape index (κ3) is 2.71. The highest BCUT2D eigenvalue weighted by Gasteiger charge is 2.29. The Bertz CT molecular complexity index is 460. The monoisotopic (exact) mass is 236 g/mol. The summed E-state index contributed by atoms with van der Waals surface area (Å²) in [5.74, 6) is -0.143. The van der Waals surface area contributed by atoms with Gasteiger partial charge in [-0.15, -0.1) is 0 Å². The van der Waals surface area contributed by atoms with Gasteiger partial charge in [-0.25, -0.2) is 5.10 Å². The van der Waals surface area contributed by atoms with Gasteiger partial charge in [0.05, 0.1) is 0 Å². The van der Waals surface area contributed by atoms with Gasteiger partial charge in [0.25, 0.3) is 11.5 Å². The van der Waals surface area contributed by atoms with Crippen LogP contribution in [-0.2, 0) is 0 Å². The molecule has 0 unspecified atom stereocenters. The molecule has 0 radical (unpaired) electrons. The van der Waals surface area contributed by atoms with E-state index >= 15 is 0 Å². The highest BCUT2D eigenvalue weighted by atomic mass is 16.2. The first-order chi connectivity index (χ1) is 7.98. The van der Waals surface area contributed by atoms with E-state index in [4.69, 9.17) is 0 Å². The van der Waals surface area contributed by atoms with Gasteiger partial charge in [0.1, 0.15) is 5.69 Å². The predicted octanol–water partition coefficient (Wildman–Crippen LogP) is -0.406. The van der Waals surface area contributed by atoms with Crippen molar-refractivity contribution in [2.24, 2.45) is 0 Å². The van der Waals surface area contributed by atoms with Crippen LogP contribution in [0.5, 0.6) is 0 Å². The third-order valence-corrected chi connectivity index (χ3v) is 2.76. The number of nitrogens with one attached hydrogen (secondary N) is 2. The highest BCUT2D eigenvalue weighted by molar-refractivity contribution is 5.92. The van der Waals surface area contributed by atoms with Crippen molar-refractivity contribution in [1.82, 2.24) is 20.4 Å². The van der Waals surface area contributed by atoms with E-state index in [1.165, 1.54) is 12.1 Å². The van der Waals surface area contributed by atoms with Crippen LogP contribution in [-0.4, -0.2) is 46.2 Å². The first-order valence-corrected chi connectivity index (χ1v) is 5.58. The molecule has 1 fully saturated rings. The SMILES string of the molecule is CC1(C)CN(C(=O)c2ccc(=O)[nH]n2)CCN1. The molecule has 0 saturated carbocycles. The molecule has 0 aliphatic carbocycles. The Morgan fingerprint density at radius 3 is 2.82 bits per heavy atom. The average Bonchev–Trinajstić information content (AvgIpc) is 2.28. The quantitative estimate of drug-likeness (QED) is 0.695. The maximum atomic E-state index is 12.1. The summed E-state index contributed by atoms with van der Waals surface area (Å²) in [4.78, 5) is 24.7. The molecule has 1 saturated heterocycles. The molecule has 17 heavy (non-hydrogen) atoms. The molecule has 92 valence electrons. The number of hydrogen-bond donors (Lipinski definition) is 2. The Morgan fingerprint density at radius 1 is 1.47 bits per heavy atom. The van der Waals surface area contributed by atoms with Crippen LogP contribution in [0.4, 0.5) is 0 Å². The van der Waals surface area contributed by atoms with Crippen LogP contribution in [0.25, 0.3) is 0 Å². The van der Waals surface area contributed by atoms with E-state index in [9.17, 15) is 9.59 Å². The van der Waals surface area contributed by atoms with Crippen LogP contribution in [0, 0.1) is 0 Å². The van der Waals surface area contributed by atoms with E-state index in [2.05, 4.69) is 15.5 Å². The third-order valence-electron chi connectivity index (χ3n) is 2.76. The molecule has 0 bridgehead atoms. The van der Waals surface area contributed by atoms with Crippen molar-refractivity contribution in [3.05, 3.63) is 28.2 Å². The van der Waals surface area contributed by atoms with E-state index in [0.717, 1.165) is 6.54 Å². The topological polar surface area (TPSA) is 78.1 Å². The van der Waals surface area contributed by atoms with Gasteiger partial charge >= 0.3 is 0 Å². The number of carbonyl (C=O) groups is 1. The molecular weight excluding hydrogens is 220 g/mol. The number of rotatable bonds is 1. The van der Waals surface area contributed by atoms with E-state index in [1.807, 2.05) is 13.8 Å². The maximum Gasteiger partial charge on any atom is 0.274 e. The van der Waals surface area contributed by atoms with Crippen molar-refractivity contribution in [3.8, 4) is 0 Å². The van der Waals surface area contributed by atoms with Gasteiger partial charge in [-0.1, -0.05) is 0 Å². The normalized spacial score (nSPS) is 19.1. The molecule has 2 N–H and O–H groups in total. The van der Waals surface area contributed by atoms with Crippen molar-refractivity contribution >= 4 is 5.91 Å². The van der Waals surface area contributed by atoms with Crippen LogP contribution < -0.4 is 10.9 Å². The Kier molecular flexibility index (Phi) is 2.97.